The molecule has 1 unspecified atom stereocenters. The normalized spacial score (nSPS) is 24.1. The summed E-state index contributed by atoms with van der Waals surface area (Å²) >= 11 is 0. The van der Waals surface area contributed by atoms with Gasteiger partial charge in [0.05, 0.1) is 0 Å². The molecule has 0 spiro atoms. The van der Waals surface area contributed by atoms with E-state index in [1.807, 2.05) is 0 Å². The first-order chi connectivity index (χ1) is 12.2. The Bertz CT molecular complexity index is 678. The van der Waals surface area contributed by atoms with Crippen molar-refractivity contribution in [2.24, 2.45) is 0 Å². The van der Waals surface area contributed by atoms with E-state index in [0.717, 1.165) is 32.4 Å². The lowest BCUT2D eigenvalue weighted by atomic mass is 10.1. The van der Waals surface area contributed by atoms with Crippen LogP contribution in [0.15, 0.2) is 18.2 Å². The molecular formula is C18H24ClN3O4. The van der Waals surface area contributed by atoms with Crippen molar-refractivity contribution < 1.29 is 19.1 Å². The standard InChI is InChI=1S/C18H23N3O4.ClH/c22-17(20-13-3-1-7-19-10-13)14-4-2-8-21(14)18(23)12-5-6-15-16(9-12)25-11-24-15;/h5-6,9,13-14,19H,1-4,7-8,10-11H2,(H,20,22);1H/t13-,14?;/m0./s1. The maximum atomic E-state index is 12.9. The van der Waals surface area contributed by atoms with Crippen LogP contribution in [0.25, 0.3) is 0 Å². The van der Waals surface area contributed by atoms with Gasteiger partial charge in [-0.15, -0.1) is 12.4 Å². The summed E-state index contributed by atoms with van der Waals surface area (Å²) in [5.74, 6) is 1.06. The molecule has 26 heavy (non-hydrogen) atoms. The summed E-state index contributed by atoms with van der Waals surface area (Å²) in [5.41, 5.74) is 0.531. The van der Waals surface area contributed by atoms with Crippen molar-refractivity contribution in [3.8, 4) is 11.5 Å². The minimum Gasteiger partial charge on any atom is -0.454 e. The Hall–Kier alpha value is -1.99. The van der Waals surface area contributed by atoms with E-state index in [4.69, 9.17) is 9.47 Å². The van der Waals surface area contributed by atoms with Gasteiger partial charge in [-0.2, -0.15) is 0 Å². The number of carbonyl (C=O) groups is 2. The van der Waals surface area contributed by atoms with Gasteiger partial charge in [0.2, 0.25) is 12.7 Å². The number of fused-ring (bicyclic) bond motifs is 1. The van der Waals surface area contributed by atoms with Crippen LogP contribution in [0.1, 0.15) is 36.0 Å². The van der Waals surface area contributed by atoms with Gasteiger partial charge in [-0.05, 0) is 50.4 Å². The maximum absolute atomic E-state index is 12.9. The average Bonchev–Trinajstić information content (AvgIpc) is 3.30. The predicted octanol–water partition coefficient (Wildman–Crippen LogP) is 1.31. The van der Waals surface area contributed by atoms with Crippen LogP contribution in [-0.4, -0.2) is 55.2 Å². The Kier molecular flexibility index (Phi) is 5.88. The second-order valence-electron chi connectivity index (χ2n) is 6.78. The second kappa shape index (κ2) is 8.14. The van der Waals surface area contributed by atoms with Gasteiger partial charge in [-0.3, -0.25) is 9.59 Å². The molecule has 2 saturated heterocycles. The largest absolute Gasteiger partial charge is 0.454 e. The lowest BCUT2D eigenvalue weighted by Gasteiger charge is -2.28. The number of amides is 2. The molecule has 0 bridgehead atoms. The Morgan fingerprint density at radius 3 is 2.81 bits per heavy atom. The zero-order valence-electron chi connectivity index (χ0n) is 14.5. The van der Waals surface area contributed by atoms with Gasteiger partial charge < -0.3 is 25.0 Å². The van der Waals surface area contributed by atoms with Crippen LogP contribution in [0.2, 0.25) is 0 Å². The number of nitrogens with zero attached hydrogens (tertiary/aromatic N) is 1. The molecule has 0 aliphatic carbocycles. The number of ether oxygens (including phenoxy) is 2. The van der Waals surface area contributed by atoms with Gasteiger partial charge in [-0.25, -0.2) is 0 Å². The average molecular weight is 382 g/mol. The van der Waals surface area contributed by atoms with Crippen LogP contribution < -0.4 is 20.1 Å². The van der Waals surface area contributed by atoms with E-state index in [2.05, 4.69) is 10.6 Å². The third kappa shape index (κ3) is 3.73. The topological polar surface area (TPSA) is 79.9 Å². The number of hydrogen-bond donors (Lipinski definition) is 2. The quantitative estimate of drug-likeness (QED) is 0.825. The summed E-state index contributed by atoms with van der Waals surface area (Å²) in [7, 11) is 0. The van der Waals surface area contributed by atoms with Crippen molar-refractivity contribution in [3.05, 3.63) is 23.8 Å². The monoisotopic (exact) mass is 381 g/mol. The highest BCUT2D eigenvalue weighted by Gasteiger charge is 2.35. The van der Waals surface area contributed by atoms with E-state index >= 15 is 0 Å². The fourth-order valence-electron chi connectivity index (χ4n) is 3.75. The molecule has 2 N–H and O–H groups in total. The maximum Gasteiger partial charge on any atom is 0.254 e. The number of benzene rings is 1. The Balaban J connectivity index is 0.00000196. The SMILES string of the molecule is Cl.O=C(N[C@H]1CCCNC1)C1CCCN1C(=O)c1ccc2c(c1)OCO2. The summed E-state index contributed by atoms with van der Waals surface area (Å²) in [4.78, 5) is 27.2. The summed E-state index contributed by atoms with van der Waals surface area (Å²) in [6, 6.07) is 4.94. The summed E-state index contributed by atoms with van der Waals surface area (Å²) in [6.07, 6.45) is 3.61. The van der Waals surface area contributed by atoms with Crippen LogP contribution in [0.3, 0.4) is 0 Å². The molecule has 142 valence electrons. The summed E-state index contributed by atoms with van der Waals surface area (Å²) < 4.78 is 10.6. The number of piperidine rings is 1. The fraction of sp³-hybridized carbons (Fsp3) is 0.556. The number of likely N-dealkylation sites (tertiary alicyclic amines) is 1. The Morgan fingerprint density at radius 2 is 2.00 bits per heavy atom. The second-order valence-corrected chi connectivity index (χ2v) is 6.78. The Morgan fingerprint density at radius 1 is 1.15 bits per heavy atom. The number of halogens is 1. The number of nitrogens with one attached hydrogen (secondary N) is 2. The summed E-state index contributed by atoms with van der Waals surface area (Å²) in [5, 5.41) is 6.39. The summed E-state index contributed by atoms with van der Waals surface area (Å²) in [6.45, 7) is 2.59. The third-order valence-corrected chi connectivity index (χ3v) is 5.08. The van der Waals surface area contributed by atoms with E-state index in [0.29, 0.717) is 30.0 Å². The Labute approximate surface area is 158 Å². The molecule has 2 amide bonds. The minimum absolute atomic E-state index is 0. The lowest BCUT2D eigenvalue weighted by molar-refractivity contribution is -0.125. The molecular weight excluding hydrogens is 358 g/mol. The highest BCUT2D eigenvalue weighted by molar-refractivity contribution is 5.98. The molecule has 2 atom stereocenters. The highest BCUT2D eigenvalue weighted by atomic mass is 35.5. The molecule has 2 fully saturated rings. The van der Waals surface area contributed by atoms with Crippen molar-refractivity contribution in [1.29, 1.82) is 0 Å². The van der Waals surface area contributed by atoms with Crippen molar-refractivity contribution >= 4 is 24.2 Å². The molecule has 0 aromatic heterocycles. The number of carbonyl (C=O) groups excluding carboxylic acids is 2. The zero-order valence-corrected chi connectivity index (χ0v) is 15.3. The van der Waals surface area contributed by atoms with Crippen molar-refractivity contribution in [2.45, 2.75) is 37.8 Å². The fourth-order valence-corrected chi connectivity index (χ4v) is 3.75. The van der Waals surface area contributed by atoms with Gasteiger partial charge in [0.1, 0.15) is 6.04 Å². The van der Waals surface area contributed by atoms with Crippen molar-refractivity contribution in [1.82, 2.24) is 15.5 Å². The highest BCUT2D eigenvalue weighted by Crippen LogP contribution is 2.33. The van der Waals surface area contributed by atoms with E-state index in [9.17, 15) is 9.59 Å². The molecule has 0 radical (unpaired) electrons. The van der Waals surface area contributed by atoms with E-state index in [-0.39, 0.29) is 43.1 Å². The molecule has 3 heterocycles. The van der Waals surface area contributed by atoms with Crippen LogP contribution in [0, 0.1) is 0 Å². The molecule has 4 rings (SSSR count). The number of rotatable bonds is 3. The van der Waals surface area contributed by atoms with Gasteiger partial charge in [0.25, 0.3) is 5.91 Å². The van der Waals surface area contributed by atoms with Crippen LogP contribution >= 0.6 is 12.4 Å². The first kappa shape index (κ1) is 18.8. The van der Waals surface area contributed by atoms with E-state index in [1.54, 1.807) is 23.1 Å². The van der Waals surface area contributed by atoms with Gasteiger partial charge in [-0.1, -0.05) is 0 Å². The first-order valence-electron chi connectivity index (χ1n) is 8.94. The van der Waals surface area contributed by atoms with Gasteiger partial charge >= 0.3 is 0 Å². The predicted molar refractivity (Wildman–Crippen MR) is 97.9 cm³/mol. The minimum atomic E-state index is -0.389. The van der Waals surface area contributed by atoms with Crippen LogP contribution in [0.4, 0.5) is 0 Å². The molecule has 1 aromatic carbocycles. The third-order valence-electron chi connectivity index (χ3n) is 5.08. The van der Waals surface area contributed by atoms with Gasteiger partial charge in [0, 0.05) is 24.7 Å². The van der Waals surface area contributed by atoms with Crippen molar-refractivity contribution in [2.75, 3.05) is 26.4 Å². The molecule has 0 saturated carbocycles. The molecule has 3 aliphatic rings. The smallest absolute Gasteiger partial charge is 0.254 e. The van der Waals surface area contributed by atoms with Crippen molar-refractivity contribution in [3.63, 3.8) is 0 Å². The van der Waals surface area contributed by atoms with E-state index < -0.39 is 0 Å². The lowest BCUT2D eigenvalue weighted by Crippen LogP contribution is -2.52. The van der Waals surface area contributed by atoms with Crippen LogP contribution in [0.5, 0.6) is 11.5 Å². The zero-order chi connectivity index (χ0) is 17.2. The molecule has 3 aliphatic heterocycles. The molecule has 7 nitrogen and oxygen atoms in total. The van der Waals surface area contributed by atoms with Gasteiger partial charge in [0.15, 0.2) is 11.5 Å². The molecule has 8 heteroatoms. The number of hydrogen-bond acceptors (Lipinski definition) is 5. The first-order valence-corrected chi connectivity index (χ1v) is 8.94. The van der Waals surface area contributed by atoms with E-state index in [1.165, 1.54) is 0 Å². The van der Waals surface area contributed by atoms with Crippen LogP contribution in [-0.2, 0) is 4.79 Å². The molecule has 1 aromatic rings.